The van der Waals surface area contributed by atoms with Gasteiger partial charge in [-0.15, -0.1) is 0 Å². The molecule has 0 bridgehead atoms. The van der Waals surface area contributed by atoms with E-state index in [0.717, 1.165) is 0 Å². The number of carboxylic acids is 1. The van der Waals surface area contributed by atoms with E-state index in [2.05, 4.69) is 15.3 Å². The molecule has 0 radical (unpaired) electrons. The number of nitrogens with zero attached hydrogens (tertiary/aromatic N) is 2. The summed E-state index contributed by atoms with van der Waals surface area (Å²) in [6.45, 7) is 0.319. The number of hydrogen-bond donors (Lipinski definition) is 2. The minimum Gasteiger partial charge on any atom is -0.481 e. The minimum absolute atomic E-state index is 0.115. The Kier molecular flexibility index (Phi) is 3.49. The first-order valence-electron chi connectivity index (χ1n) is 6.47. The van der Waals surface area contributed by atoms with Crippen molar-refractivity contribution in [3.63, 3.8) is 0 Å². The van der Waals surface area contributed by atoms with Crippen molar-refractivity contribution >= 4 is 22.9 Å². The fraction of sp³-hybridized carbons (Fsp3) is 0.286. The number of carbonyl (C=O) groups is 2. The van der Waals surface area contributed by atoms with Gasteiger partial charge in [0.2, 0.25) is 0 Å². The molecule has 0 aliphatic carbocycles. The summed E-state index contributed by atoms with van der Waals surface area (Å²) in [5.41, 5.74) is 1.73. The highest BCUT2D eigenvalue weighted by Gasteiger charge is 2.35. The largest absolute Gasteiger partial charge is 0.481 e. The molecule has 0 saturated carbocycles. The van der Waals surface area contributed by atoms with E-state index in [1.54, 1.807) is 30.6 Å². The lowest BCUT2D eigenvalue weighted by Gasteiger charge is -2.15. The summed E-state index contributed by atoms with van der Waals surface area (Å²) in [4.78, 5) is 31.5. The van der Waals surface area contributed by atoms with E-state index >= 15 is 0 Å². The molecular formula is C14H13N3O4. The highest BCUT2D eigenvalue weighted by molar-refractivity contribution is 5.97. The molecule has 7 nitrogen and oxygen atoms in total. The van der Waals surface area contributed by atoms with Crippen molar-refractivity contribution in [2.45, 2.75) is 6.04 Å². The highest BCUT2D eigenvalue weighted by Crippen LogP contribution is 2.16. The van der Waals surface area contributed by atoms with E-state index in [-0.39, 0.29) is 19.1 Å². The van der Waals surface area contributed by atoms with Crippen molar-refractivity contribution in [3.05, 3.63) is 36.2 Å². The molecule has 3 rings (SSSR count). The van der Waals surface area contributed by atoms with E-state index in [1.165, 1.54) is 0 Å². The van der Waals surface area contributed by atoms with Crippen LogP contribution in [0.15, 0.2) is 30.6 Å². The zero-order chi connectivity index (χ0) is 14.8. The maximum absolute atomic E-state index is 12.2. The Balaban J connectivity index is 1.79. The number of fused-ring (bicyclic) bond motifs is 1. The molecule has 2 heterocycles. The van der Waals surface area contributed by atoms with Crippen molar-refractivity contribution in [3.8, 4) is 0 Å². The first-order chi connectivity index (χ1) is 10.1. The van der Waals surface area contributed by atoms with Crippen LogP contribution in [-0.4, -0.2) is 46.2 Å². The predicted octanol–water partition coefficient (Wildman–Crippen LogP) is 0.459. The molecule has 2 atom stereocenters. The topological polar surface area (TPSA) is 101 Å². The number of rotatable bonds is 3. The Morgan fingerprint density at radius 2 is 1.95 bits per heavy atom. The van der Waals surface area contributed by atoms with Gasteiger partial charge in [-0.3, -0.25) is 19.6 Å². The molecule has 1 aromatic heterocycles. The summed E-state index contributed by atoms with van der Waals surface area (Å²) in [7, 11) is 0. The number of carbonyl (C=O) groups excluding carboxylic acids is 1. The zero-order valence-corrected chi connectivity index (χ0v) is 11.0. The minimum atomic E-state index is -0.970. The fourth-order valence-electron chi connectivity index (χ4n) is 2.30. The van der Waals surface area contributed by atoms with Gasteiger partial charge in [-0.25, -0.2) is 0 Å². The van der Waals surface area contributed by atoms with Crippen molar-refractivity contribution < 1.29 is 19.4 Å². The lowest BCUT2D eigenvalue weighted by atomic mass is 10.0. The van der Waals surface area contributed by atoms with Crippen molar-refractivity contribution in [1.29, 1.82) is 0 Å². The molecule has 1 aliphatic heterocycles. The summed E-state index contributed by atoms with van der Waals surface area (Å²) in [6.07, 6.45) is 3.13. The maximum Gasteiger partial charge on any atom is 0.311 e. The Hall–Kier alpha value is -2.54. The van der Waals surface area contributed by atoms with Crippen LogP contribution in [0, 0.1) is 5.92 Å². The van der Waals surface area contributed by atoms with E-state index in [1.807, 2.05) is 0 Å². The van der Waals surface area contributed by atoms with Crippen LogP contribution in [0.1, 0.15) is 10.4 Å². The van der Waals surface area contributed by atoms with Crippen LogP contribution >= 0.6 is 0 Å². The van der Waals surface area contributed by atoms with Gasteiger partial charge in [-0.05, 0) is 18.2 Å². The van der Waals surface area contributed by atoms with Crippen LogP contribution in [0.3, 0.4) is 0 Å². The Labute approximate surface area is 120 Å². The maximum atomic E-state index is 12.2. The summed E-state index contributed by atoms with van der Waals surface area (Å²) in [5, 5.41) is 11.8. The number of nitrogens with one attached hydrogen (secondary N) is 1. The van der Waals surface area contributed by atoms with Gasteiger partial charge in [0, 0.05) is 18.0 Å². The smallest absolute Gasteiger partial charge is 0.311 e. The summed E-state index contributed by atoms with van der Waals surface area (Å²) in [5.74, 6) is -2.03. The molecule has 7 heteroatoms. The van der Waals surface area contributed by atoms with Gasteiger partial charge in [-0.1, -0.05) is 0 Å². The number of benzene rings is 1. The Morgan fingerprint density at radius 1 is 1.19 bits per heavy atom. The lowest BCUT2D eigenvalue weighted by molar-refractivity contribution is -0.142. The molecule has 1 fully saturated rings. The average Bonchev–Trinajstić information content (AvgIpc) is 2.95. The summed E-state index contributed by atoms with van der Waals surface area (Å²) in [6, 6.07) is 4.45. The molecule has 21 heavy (non-hydrogen) atoms. The molecule has 1 aromatic carbocycles. The third-order valence-corrected chi connectivity index (χ3v) is 3.45. The van der Waals surface area contributed by atoms with E-state index in [9.17, 15) is 9.59 Å². The first kappa shape index (κ1) is 13.4. The first-order valence-corrected chi connectivity index (χ1v) is 6.47. The van der Waals surface area contributed by atoms with Crippen LogP contribution in [0.5, 0.6) is 0 Å². The van der Waals surface area contributed by atoms with Gasteiger partial charge < -0.3 is 15.2 Å². The van der Waals surface area contributed by atoms with E-state index in [0.29, 0.717) is 16.6 Å². The molecule has 1 saturated heterocycles. The second-order valence-electron chi connectivity index (χ2n) is 4.82. The molecular weight excluding hydrogens is 274 g/mol. The highest BCUT2D eigenvalue weighted by atomic mass is 16.5. The molecule has 2 N–H and O–H groups in total. The van der Waals surface area contributed by atoms with Crippen LogP contribution < -0.4 is 5.32 Å². The van der Waals surface area contributed by atoms with Crippen LogP contribution in [-0.2, 0) is 9.53 Å². The molecule has 2 aromatic rings. The lowest BCUT2D eigenvalue weighted by Crippen LogP contribution is -2.42. The van der Waals surface area contributed by atoms with Crippen molar-refractivity contribution in [2.75, 3.05) is 13.2 Å². The third kappa shape index (κ3) is 2.68. The number of aromatic nitrogens is 2. The predicted molar refractivity (Wildman–Crippen MR) is 72.7 cm³/mol. The van der Waals surface area contributed by atoms with Crippen LogP contribution in [0.25, 0.3) is 11.0 Å². The summed E-state index contributed by atoms with van der Waals surface area (Å²) >= 11 is 0. The molecule has 2 unspecified atom stereocenters. The van der Waals surface area contributed by atoms with Gasteiger partial charge in [0.05, 0.1) is 30.3 Å². The van der Waals surface area contributed by atoms with Gasteiger partial charge in [-0.2, -0.15) is 0 Å². The van der Waals surface area contributed by atoms with Gasteiger partial charge >= 0.3 is 5.97 Å². The number of hydrogen-bond acceptors (Lipinski definition) is 5. The fourth-order valence-corrected chi connectivity index (χ4v) is 2.30. The Morgan fingerprint density at radius 3 is 2.71 bits per heavy atom. The van der Waals surface area contributed by atoms with E-state index < -0.39 is 17.9 Å². The van der Waals surface area contributed by atoms with Gasteiger partial charge in [0.1, 0.15) is 5.92 Å². The van der Waals surface area contributed by atoms with Gasteiger partial charge in [0.15, 0.2) is 0 Å². The number of aliphatic carboxylic acids is 1. The van der Waals surface area contributed by atoms with Crippen LogP contribution in [0.4, 0.5) is 0 Å². The van der Waals surface area contributed by atoms with Crippen LogP contribution in [0.2, 0.25) is 0 Å². The molecule has 0 spiro atoms. The number of ether oxygens (including phenoxy) is 1. The van der Waals surface area contributed by atoms with Crippen molar-refractivity contribution in [1.82, 2.24) is 15.3 Å². The summed E-state index contributed by atoms with van der Waals surface area (Å²) < 4.78 is 5.12. The zero-order valence-electron chi connectivity index (χ0n) is 11.0. The normalized spacial score (nSPS) is 21.3. The SMILES string of the molecule is O=C(NC1COCC1C(=O)O)c1ccc2nccnc2c1. The second kappa shape index (κ2) is 5.45. The molecule has 1 aliphatic rings. The standard InChI is InChI=1S/C14H13N3O4/c18-13(17-12-7-21-6-9(12)14(19)20)8-1-2-10-11(5-8)16-4-3-15-10/h1-5,9,12H,6-7H2,(H,17,18)(H,19,20). The monoisotopic (exact) mass is 287 g/mol. The second-order valence-corrected chi connectivity index (χ2v) is 4.82. The number of amides is 1. The quantitative estimate of drug-likeness (QED) is 0.850. The molecule has 108 valence electrons. The third-order valence-electron chi connectivity index (χ3n) is 3.45. The van der Waals surface area contributed by atoms with E-state index in [4.69, 9.17) is 9.84 Å². The molecule has 1 amide bonds. The number of carboxylic acid groups (broad SMARTS) is 1. The Bertz CT molecular complexity index is 703. The van der Waals surface area contributed by atoms with Gasteiger partial charge in [0.25, 0.3) is 5.91 Å². The van der Waals surface area contributed by atoms with Crippen molar-refractivity contribution in [2.24, 2.45) is 5.92 Å². The average molecular weight is 287 g/mol.